The Morgan fingerprint density at radius 1 is 1.18 bits per heavy atom. The SMILES string of the molecule is Cc1nnc(CN2CCN(C(C)C(=O)NC(C)C)CC2)n1C. The van der Waals surface area contributed by atoms with Crippen LogP contribution < -0.4 is 5.32 Å². The van der Waals surface area contributed by atoms with Crippen molar-refractivity contribution in [3.8, 4) is 0 Å². The van der Waals surface area contributed by atoms with Crippen LogP contribution in [-0.2, 0) is 18.4 Å². The average Bonchev–Trinajstić information content (AvgIpc) is 2.78. The van der Waals surface area contributed by atoms with Crippen LogP contribution in [-0.4, -0.2) is 68.7 Å². The van der Waals surface area contributed by atoms with Gasteiger partial charge in [0.2, 0.25) is 5.91 Å². The fraction of sp³-hybridized carbons (Fsp3) is 0.800. The van der Waals surface area contributed by atoms with Gasteiger partial charge in [0.1, 0.15) is 11.6 Å². The maximum Gasteiger partial charge on any atom is 0.237 e. The summed E-state index contributed by atoms with van der Waals surface area (Å²) < 4.78 is 2.03. The lowest BCUT2D eigenvalue weighted by molar-refractivity contribution is -0.127. The largest absolute Gasteiger partial charge is 0.353 e. The monoisotopic (exact) mass is 308 g/mol. The summed E-state index contributed by atoms with van der Waals surface area (Å²) in [5, 5.41) is 11.3. The standard InChI is InChI=1S/C15H28N6O/c1-11(2)16-15(22)12(3)21-8-6-20(7-9-21)10-14-18-17-13(4)19(14)5/h11-12H,6-10H2,1-5H3,(H,16,22). The van der Waals surface area contributed by atoms with Gasteiger partial charge in [-0.05, 0) is 27.7 Å². The van der Waals surface area contributed by atoms with E-state index in [4.69, 9.17) is 0 Å². The Labute approximate surface area is 132 Å². The molecule has 2 rings (SSSR count). The highest BCUT2D eigenvalue weighted by molar-refractivity contribution is 5.81. The second-order valence-electron chi connectivity index (χ2n) is 6.37. The van der Waals surface area contributed by atoms with Gasteiger partial charge in [-0.2, -0.15) is 0 Å². The van der Waals surface area contributed by atoms with Crippen LogP contribution in [0, 0.1) is 6.92 Å². The summed E-state index contributed by atoms with van der Waals surface area (Å²) >= 11 is 0. The predicted molar refractivity (Wildman–Crippen MR) is 85.3 cm³/mol. The summed E-state index contributed by atoms with van der Waals surface area (Å²) in [6, 6.07) is 0.122. The highest BCUT2D eigenvalue weighted by atomic mass is 16.2. The molecule has 1 fully saturated rings. The lowest BCUT2D eigenvalue weighted by Crippen LogP contribution is -2.54. The second-order valence-corrected chi connectivity index (χ2v) is 6.37. The Bertz CT molecular complexity index is 504. The van der Waals surface area contributed by atoms with Gasteiger partial charge >= 0.3 is 0 Å². The summed E-state index contributed by atoms with van der Waals surface area (Å²) in [5.74, 6) is 2.05. The number of aryl methyl sites for hydroxylation is 1. The molecule has 0 aromatic carbocycles. The number of hydrogen-bond donors (Lipinski definition) is 1. The quantitative estimate of drug-likeness (QED) is 0.839. The van der Waals surface area contributed by atoms with E-state index in [1.54, 1.807) is 0 Å². The zero-order chi connectivity index (χ0) is 16.3. The van der Waals surface area contributed by atoms with Crippen molar-refractivity contribution in [2.75, 3.05) is 26.2 Å². The topological polar surface area (TPSA) is 66.3 Å². The molecule has 2 heterocycles. The van der Waals surface area contributed by atoms with Gasteiger partial charge < -0.3 is 9.88 Å². The normalized spacial score (nSPS) is 18.6. The molecule has 0 spiro atoms. The van der Waals surface area contributed by atoms with Crippen molar-refractivity contribution in [3.63, 3.8) is 0 Å². The highest BCUT2D eigenvalue weighted by Gasteiger charge is 2.26. The van der Waals surface area contributed by atoms with E-state index in [0.717, 1.165) is 44.4 Å². The fourth-order valence-electron chi connectivity index (χ4n) is 2.67. The molecule has 1 unspecified atom stereocenters. The van der Waals surface area contributed by atoms with E-state index >= 15 is 0 Å². The van der Waals surface area contributed by atoms with Gasteiger partial charge in [-0.1, -0.05) is 0 Å². The van der Waals surface area contributed by atoms with Crippen LogP contribution in [0.25, 0.3) is 0 Å². The van der Waals surface area contributed by atoms with Crippen LogP contribution in [0.15, 0.2) is 0 Å². The summed E-state index contributed by atoms with van der Waals surface area (Å²) in [5.41, 5.74) is 0. The predicted octanol–water partition coefficient (Wildman–Crippen LogP) is 0.154. The molecule has 0 aliphatic carbocycles. The highest BCUT2D eigenvalue weighted by Crippen LogP contribution is 2.10. The number of piperazine rings is 1. The Kier molecular flexibility index (Phi) is 5.52. The molecule has 1 saturated heterocycles. The zero-order valence-corrected chi connectivity index (χ0v) is 14.3. The van der Waals surface area contributed by atoms with E-state index in [-0.39, 0.29) is 18.0 Å². The third-order valence-electron chi connectivity index (χ3n) is 4.31. The summed E-state index contributed by atoms with van der Waals surface area (Å²) in [6.07, 6.45) is 0. The van der Waals surface area contributed by atoms with Gasteiger partial charge in [0, 0.05) is 39.3 Å². The van der Waals surface area contributed by atoms with Gasteiger partial charge in [0.05, 0.1) is 12.6 Å². The minimum absolute atomic E-state index is 0.0679. The molecule has 1 aromatic heterocycles. The van der Waals surface area contributed by atoms with Crippen LogP contribution in [0.2, 0.25) is 0 Å². The lowest BCUT2D eigenvalue weighted by Gasteiger charge is -2.37. The first kappa shape index (κ1) is 16.9. The first-order chi connectivity index (χ1) is 10.4. The molecule has 22 heavy (non-hydrogen) atoms. The van der Waals surface area contributed by atoms with Crippen molar-refractivity contribution in [2.24, 2.45) is 7.05 Å². The number of nitrogens with zero attached hydrogens (tertiary/aromatic N) is 5. The molecule has 7 heteroatoms. The third kappa shape index (κ3) is 4.04. The number of nitrogens with one attached hydrogen (secondary N) is 1. The van der Waals surface area contributed by atoms with E-state index in [1.807, 2.05) is 39.3 Å². The zero-order valence-electron chi connectivity index (χ0n) is 14.3. The van der Waals surface area contributed by atoms with Crippen molar-refractivity contribution in [2.45, 2.75) is 46.3 Å². The van der Waals surface area contributed by atoms with Gasteiger partial charge in [-0.15, -0.1) is 10.2 Å². The molecule has 1 N–H and O–H groups in total. The molecule has 0 bridgehead atoms. The van der Waals surface area contributed by atoms with Gasteiger partial charge in [-0.3, -0.25) is 14.6 Å². The van der Waals surface area contributed by atoms with Crippen molar-refractivity contribution >= 4 is 5.91 Å². The van der Waals surface area contributed by atoms with Crippen molar-refractivity contribution in [3.05, 3.63) is 11.6 Å². The van der Waals surface area contributed by atoms with Gasteiger partial charge in [-0.25, -0.2) is 0 Å². The van der Waals surface area contributed by atoms with Crippen LogP contribution in [0.5, 0.6) is 0 Å². The molecular formula is C15H28N6O. The molecular weight excluding hydrogens is 280 g/mol. The maximum atomic E-state index is 12.1. The molecule has 0 radical (unpaired) electrons. The number of hydrogen-bond acceptors (Lipinski definition) is 5. The summed E-state index contributed by atoms with van der Waals surface area (Å²) in [7, 11) is 2.00. The van der Waals surface area contributed by atoms with Crippen LogP contribution in [0.1, 0.15) is 32.4 Å². The van der Waals surface area contributed by atoms with E-state index < -0.39 is 0 Å². The molecule has 7 nitrogen and oxygen atoms in total. The molecule has 124 valence electrons. The lowest BCUT2D eigenvalue weighted by atomic mass is 10.2. The number of rotatable bonds is 5. The Balaban J connectivity index is 1.82. The minimum atomic E-state index is -0.0679. The van der Waals surface area contributed by atoms with Gasteiger partial charge in [0.25, 0.3) is 0 Å². The molecule has 1 aliphatic heterocycles. The molecule has 1 amide bonds. The van der Waals surface area contributed by atoms with E-state index in [0.29, 0.717) is 0 Å². The first-order valence-electron chi connectivity index (χ1n) is 8.00. The smallest absolute Gasteiger partial charge is 0.237 e. The van der Waals surface area contributed by atoms with E-state index in [9.17, 15) is 4.79 Å². The van der Waals surface area contributed by atoms with Crippen molar-refractivity contribution in [1.29, 1.82) is 0 Å². The Morgan fingerprint density at radius 2 is 1.82 bits per heavy atom. The average molecular weight is 308 g/mol. The Hall–Kier alpha value is -1.47. The second kappa shape index (κ2) is 7.19. The molecule has 1 aromatic rings. The molecule has 1 atom stereocenters. The first-order valence-corrected chi connectivity index (χ1v) is 8.00. The minimum Gasteiger partial charge on any atom is -0.353 e. The van der Waals surface area contributed by atoms with Gasteiger partial charge in [0.15, 0.2) is 0 Å². The van der Waals surface area contributed by atoms with Crippen molar-refractivity contribution in [1.82, 2.24) is 29.9 Å². The van der Waals surface area contributed by atoms with E-state index in [1.165, 1.54) is 0 Å². The third-order valence-corrected chi connectivity index (χ3v) is 4.31. The summed E-state index contributed by atoms with van der Waals surface area (Å²) in [4.78, 5) is 16.7. The number of carbonyl (C=O) groups is 1. The Morgan fingerprint density at radius 3 is 2.32 bits per heavy atom. The molecule has 0 saturated carbocycles. The van der Waals surface area contributed by atoms with E-state index in [2.05, 4.69) is 25.3 Å². The van der Waals surface area contributed by atoms with Crippen molar-refractivity contribution < 1.29 is 4.79 Å². The molecule has 1 aliphatic rings. The fourth-order valence-corrected chi connectivity index (χ4v) is 2.67. The van der Waals surface area contributed by atoms with Crippen LogP contribution in [0.4, 0.5) is 0 Å². The summed E-state index contributed by atoms with van der Waals surface area (Å²) in [6.45, 7) is 12.5. The number of aromatic nitrogens is 3. The van der Waals surface area contributed by atoms with Crippen LogP contribution >= 0.6 is 0 Å². The van der Waals surface area contributed by atoms with Crippen LogP contribution in [0.3, 0.4) is 0 Å². The number of amides is 1. The number of carbonyl (C=O) groups excluding carboxylic acids is 1. The maximum absolute atomic E-state index is 12.1.